The molecule has 6 rings (SSSR count). The van der Waals surface area contributed by atoms with Crippen LogP contribution < -0.4 is 5.56 Å². The van der Waals surface area contributed by atoms with Crippen molar-refractivity contribution in [3.63, 3.8) is 0 Å². The van der Waals surface area contributed by atoms with Crippen molar-refractivity contribution in [2.24, 2.45) is 0 Å². The molecule has 1 saturated heterocycles. The maximum atomic E-state index is 14.8. The summed E-state index contributed by atoms with van der Waals surface area (Å²) >= 11 is 7.58. The molecule has 2 aromatic carbocycles. The quantitative estimate of drug-likeness (QED) is 0.213. The third kappa shape index (κ3) is 5.47. The highest BCUT2D eigenvalue weighted by Gasteiger charge is 2.32. The van der Waals surface area contributed by atoms with E-state index in [9.17, 15) is 9.59 Å². The van der Waals surface area contributed by atoms with Crippen molar-refractivity contribution in [1.82, 2.24) is 14.5 Å². The van der Waals surface area contributed by atoms with E-state index in [1.165, 1.54) is 11.3 Å². The highest BCUT2D eigenvalue weighted by atomic mass is 35.5. The number of benzene rings is 2. The summed E-state index contributed by atoms with van der Waals surface area (Å²) < 4.78 is 1.95. The number of para-hydroxylation sites is 1. The van der Waals surface area contributed by atoms with E-state index < -0.39 is 0 Å². The topological polar surface area (TPSA) is 55.2 Å². The fourth-order valence-corrected chi connectivity index (χ4v) is 7.66. The van der Waals surface area contributed by atoms with Gasteiger partial charge >= 0.3 is 0 Å². The van der Waals surface area contributed by atoms with E-state index >= 15 is 0 Å². The fourth-order valence-electron chi connectivity index (χ4n) is 6.70. The molecular formula is C35H38ClN3O2S. The molecular weight excluding hydrogens is 562 g/mol. The van der Waals surface area contributed by atoms with Gasteiger partial charge in [-0.2, -0.15) is 0 Å². The van der Waals surface area contributed by atoms with Crippen LogP contribution in [-0.2, 0) is 12.8 Å². The van der Waals surface area contributed by atoms with Crippen molar-refractivity contribution in [2.45, 2.75) is 77.6 Å². The number of halogens is 1. The Morgan fingerprint density at radius 2 is 1.62 bits per heavy atom. The molecule has 2 aromatic heterocycles. The van der Waals surface area contributed by atoms with E-state index in [1.807, 2.05) is 45.2 Å². The Bertz CT molecular complexity index is 1620. The number of amides is 1. The van der Waals surface area contributed by atoms with E-state index in [1.54, 1.807) is 0 Å². The molecule has 2 aliphatic rings. The minimum Gasteiger partial charge on any atom is -0.339 e. The maximum absolute atomic E-state index is 14.8. The SMILES string of the molecule is CCc1cccc(CC)c1-n1c(C2CCCC2)c(C(=O)N2CCCCC2)cc(-c2nc(-c3ccc(Cl)cc3)cs2)c1=O. The van der Waals surface area contributed by atoms with Gasteiger partial charge in [-0.15, -0.1) is 11.3 Å². The van der Waals surface area contributed by atoms with Crippen molar-refractivity contribution >= 4 is 28.8 Å². The largest absolute Gasteiger partial charge is 0.339 e. The molecule has 4 aromatic rings. The maximum Gasteiger partial charge on any atom is 0.265 e. The Hall–Kier alpha value is -3.22. The molecule has 3 heterocycles. The lowest BCUT2D eigenvalue weighted by Gasteiger charge is -2.30. The molecule has 0 radical (unpaired) electrons. The molecule has 5 nitrogen and oxygen atoms in total. The van der Waals surface area contributed by atoms with Crippen LogP contribution in [0, 0.1) is 0 Å². The first-order chi connectivity index (χ1) is 20.5. The molecule has 1 aliphatic heterocycles. The molecule has 0 bridgehead atoms. The van der Waals surface area contributed by atoms with Gasteiger partial charge in [-0.1, -0.05) is 68.6 Å². The number of aryl methyl sites for hydroxylation is 2. The molecule has 218 valence electrons. The second kappa shape index (κ2) is 12.6. The summed E-state index contributed by atoms with van der Waals surface area (Å²) in [5, 5.41) is 3.29. The summed E-state index contributed by atoms with van der Waals surface area (Å²) in [5.41, 5.74) is 6.95. The van der Waals surface area contributed by atoms with Gasteiger partial charge in [0.25, 0.3) is 11.5 Å². The Kier molecular flexibility index (Phi) is 8.64. The zero-order chi connectivity index (χ0) is 29.2. The lowest BCUT2D eigenvalue weighted by Crippen LogP contribution is -2.38. The first kappa shape index (κ1) is 28.9. The number of aromatic nitrogens is 2. The number of hydrogen-bond acceptors (Lipinski definition) is 4. The highest BCUT2D eigenvalue weighted by molar-refractivity contribution is 7.13. The van der Waals surface area contributed by atoms with Crippen LogP contribution in [0.15, 0.2) is 58.7 Å². The van der Waals surface area contributed by atoms with Crippen LogP contribution in [0.25, 0.3) is 27.5 Å². The molecule has 1 saturated carbocycles. The number of hydrogen-bond donors (Lipinski definition) is 0. The van der Waals surface area contributed by atoms with E-state index in [2.05, 4.69) is 32.0 Å². The van der Waals surface area contributed by atoms with Gasteiger partial charge in [-0.05, 0) is 74.3 Å². The van der Waals surface area contributed by atoms with E-state index in [0.717, 1.165) is 105 Å². The average molecular weight is 600 g/mol. The molecule has 42 heavy (non-hydrogen) atoms. The van der Waals surface area contributed by atoms with Gasteiger partial charge in [-0.25, -0.2) is 4.98 Å². The summed E-state index contributed by atoms with van der Waals surface area (Å²) in [6, 6.07) is 15.8. The standard InChI is InChI=1S/C35H38ClN3O2S/c1-3-23-13-10-14-24(4-2)31(23)39-32(26-11-6-7-12-26)28(34(40)38-19-8-5-9-20-38)21-29(35(39)41)33-37-30(22-42-33)25-15-17-27(36)18-16-25/h10,13-18,21-22,26H,3-9,11-12,19-20H2,1-2H3. The Balaban J connectivity index is 1.63. The molecule has 1 aliphatic carbocycles. The van der Waals surface area contributed by atoms with Gasteiger partial charge in [0.2, 0.25) is 0 Å². The summed E-state index contributed by atoms with van der Waals surface area (Å²) in [6.45, 7) is 5.81. The van der Waals surface area contributed by atoms with Crippen molar-refractivity contribution in [3.05, 3.63) is 91.7 Å². The van der Waals surface area contributed by atoms with Crippen LogP contribution in [-0.4, -0.2) is 33.4 Å². The molecule has 2 fully saturated rings. The third-order valence-corrected chi connectivity index (χ3v) is 10.0. The number of nitrogens with zero attached hydrogens (tertiary/aromatic N) is 3. The van der Waals surface area contributed by atoms with Crippen LogP contribution >= 0.6 is 22.9 Å². The van der Waals surface area contributed by atoms with Crippen molar-refractivity contribution in [3.8, 4) is 27.5 Å². The highest BCUT2D eigenvalue weighted by Crippen LogP contribution is 2.40. The van der Waals surface area contributed by atoms with Gasteiger partial charge in [0.1, 0.15) is 5.01 Å². The second-order valence-corrected chi connectivity index (χ2v) is 12.8. The summed E-state index contributed by atoms with van der Waals surface area (Å²) in [7, 11) is 0. The zero-order valence-corrected chi connectivity index (χ0v) is 26.1. The van der Waals surface area contributed by atoms with Crippen LogP contribution in [0.3, 0.4) is 0 Å². The zero-order valence-electron chi connectivity index (χ0n) is 24.5. The monoisotopic (exact) mass is 599 g/mol. The van der Waals surface area contributed by atoms with Crippen LogP contribution in [0.1, 0.15) is 91.9 Å². The van der Waals surface area contributed by atoms with Gasteiger partial charge in [0, 0.05) is 40.7 Å². The predicted octanol–water partition coefficient (Wildman–Crippen LogP) is 8.69. The summed E-state index contributed by atoms with van der Waals surface area (Å²) in [6.07, 6.45) is 9.02. The molecule has 0 spiro atoms. The Morgan fingerprint density at radius 1 is 0.952 bits per heavy atom. The lowest BCUT2D eigenvalue weighted by molar-refractivity contribution is 0.0721. The Morgan fingerprint density at radius 3 is 2.26 bits per heavy atom. The smallest absolute Gasteiger partial charge is 0.265 e. The number of carbonyl (C=O) groups is 1. The number of rotatable bonds is 7. The first-order valence-electron chi connectivity index (χ1n) is 15.4. The van der Waals surface area contributed by atoms with Crippen molar-refractivity contribution in [1.29, 1.82) is 0 Å². The normalized spacial score (nSPS) is 15.8. The van der Waals surface area contributed by atoms with Crippen molar-refractivity contribution < 1.29 is 4.79 Å². The van der Waals surface area contributed by atoms with E-state index in [0.29, 0.717) is 21.2 Å². The minimum atomic E-state index is -0.0836. The molecule has 0 atom stereocenters. The molecule has 0 unspecified atom stereocenters. The number of piperidine rings is 1. The summed E-state index contributed by atoms with van der Waals surface area (Å²) in [4.78, 5) is 36.2. The molecule has 0 N–H and O–H groups in total. The first-order valence-corrected chi connectivity index (χ1v) is 16.7. The summed E-state index contributed by atoms with van der Waals surface area (Å²) in [5.74, 6) is 0.221. The van der Waals surface area contributed by atoms with Gasteiger partial charge in [0.05, 0.1) is 22.5 Å². The molecule has 1 amide bonds. The number of thiazole rings is 1. The predicted molar refractivity (Wildman–Crippen MR) is 173 cm³/mol. The van der Waals surface area contributed by atoms with Crippen LogP contribution in [0.4, 0.5) is 0 Å². The van der Waals surface area contributed by atoms with E-state index in [-0.39, 0.29) is 17.4 Å². The minimum absolute atomic E-state index is 0.0492. The average Bonchev–Trinajstić information content (AvgIpc) is 3.74. The van der Waals surface area contributed by atoms with Crippen molar-refractivity contribution in [2.75, 3.05) is 13.1 Å². The third-order valence-electron chi connectivity index (χ3n) is 8.92. The van der Waals surface area contributed by atoms with Gasteiger partial charge < -0.3 is 4.90 Å². The van der Waals surface area contributed by atoms with Crippen LogP contribution in [0.5, 0.6) is 0 Å². The van der Waals surface area contributed by atoms with E-state index in [4.69, 9.17) is 16.6 Å². The van der Waals surface area contributed by atoms with Gasteiger partial charge in [-0.3, -0.25) is 14.2 Å². The number of carbonyl (C=O) groups excluding carboxylic acids is 1. The second-order valence-electron chi connectivity index (χ2n) is 11.5. The van der Waals surface area contributed by atoms with Gasteiger partial charge in [0.15, 0.2) is 0 Å². The molecule has 7 heteroatoms. The lowest BCUT2D eigenvalue weighted by atomic mass is 9.93. The van der Waals surface area contributed by atoms with Crippen LogP contribution in [0.2, 0.25) is 5.02 Å². The number of likely N-dealkylation sites (tertiary alicyclic amines) is 1. The fraction of sp³-hybridized carbons (Fsp3) is 0.400. The number of pyridine rings is 1. The Labute approximate surface area is 257 Å².